The van der Waals surface area contributed by atoms with Gasteiger partial charge in [0.2, 0.25) is 0 Å². The molecule has 0 saturated heterocycles. The van der Waals surface area contributed by atoms with E-state index in [9.17, 15) is 9.59 Å². The van der Waals surface area contributed by atoms with E-state index in [1.54, 1.807) is 0 Å². The molecule has 0 bridgehead atoms. The van der Waals surface area contributed by atoms with Crippen molar-refractivity contribution >= 4 is 24.6 Å². The van der Waals surface area contributed by atoms with E-state index in [1.807, 2.05) is 0 Å². The van der Waals surface area contributed by atoms with Crippen molar-refractivity contribution < 1.29 is 27.4 Å². The van der Waals surface area contributed by atoms with E-state index in [0.29, 0.717) is 12.3 Å². The summed E-state index contributed by atoms with van der Waals surface area (Å²) >= 11 is 0.298. The summed E-state index contributed by atoms with van der Waals surface area (Å²) in [6, 6.07) is 0. The summed E-state index contributed by atoms with van der Waals surface area (Å²) in [6.45, 7) is 0. The highest BCUT2D eigenvalue weighted by atomic mass is 32.2. The smallest absolute Gasteiger partial charge is 0.430 e. The molecule has 0 amide bonds. The summed E-state index contributed by atoms with van der Waals surface area (Å²) in [5.74, 6) is 0. The lowest BCUT2D eigenvalue weighted by Crippen LogP contribution is -2.21. The van der Waals surface area contributed by atoms with Crippen molar-refractivity contribution in [1.29, 1.82) is 0 Å². The standard InChI is InChI=1S/C14H22O6S/c15-13(17-11-7-3-1-4-8-11)19-21-20-14(16)18-12-9-5-2-6-10-12/h11-12H,1-10H2. The minimum absolute atomic E-state index is 0.0824. The second kappa shape index (κ2) is 9.02. The van der Waals surface area contributed by atoms with E-state index in [1.165, 1.54) is 12.8 Å². The van der Waals surface area contributed by atoms with Crippen LogP contribution in [0.5, 0.6) is 0 Å². The Kier molecular flexibility index (Phi) is 6.99. The maximum atomic E-state index is 11.4. The number of carbonyl (C=O) groups excluding carboxylic acids is 2. The van der Waals surface area contributed by atoms with Gasteiger partial charge in [0.05, 0.1) is 0 Å². The molecule has 0 radical (unpaired) electrons. The average molecular weight is 318 g/mol. The number of rotatable bonds is 4. The molecule has 6 nitrogen and oxygen atoms in total. The van der Waals surface area contributed by atoms with Gasteiger partial charge in [-0.2, -0.15) is 0 Å². The van der Waals surface area contributed by atoms with Gasteiger partial charge in [0.15, 0.2) is 0 Å². The fourth-order valence-corrected chi connectivity index (χ4v) is 2.97. The lowest BCUT2D eigenvalue weighted by molar-refractivity contribution is 0.0364. The monoisotopic (exact) mass is 318 g/mol. The molecule has 2 rings (SSSR count). The van der Waals surface area contributed by atoms with Crippen LogP contribution in [0.2, 0.25) is 0 Å². The van der Waals surface area contributed by atoms with Gasteiger partial charge in [0.1, 0.15) is 12.2 Å². The molecule has 0 aromatic carbocycles. The van der Waals surface area contributed by atoms with Gasteiger partial charge in [0, 0.05) is 0 Å². The van der Waals surface area contributed by atoms with Gasteiger partial charge in [-0.3, -0.25) is 0 Å². The van der Waals surface area contributed by atoms with Crippen LogP contribution in [0, 0.1) is 0 Å². The molecule has 0 aromatic rings. The maximum Gasteiger partial charge on any atom is 0.523 e. The molecule has 0 N–H and O–H groups in total. The third-order valence-corrected chi connectivity index (χ3v) is 4.24. The quantitative estimate of drug-likeness (QED) is 0.557. The van der Waals surface area contributed by atoms with Crippen molar-refractivity contribution in [3.05, 3.63) is 0 Å². The summed E-state index contributed by atoms with van der Waals surface area (Å²) in [7, 11) is 0. The zero-order chi connectivity index (χ0) is 14.9. The van der Waals surface area contributed by atoms with E-state index in [2.05, 4.69) is 8.37 Å². The Morgan fingerprint density at radius 2 is 1.05 bits per heavy atom. The van der Waals surface area contributed by atoms with Crippen LogP contribution < -0.4 is 0 Å². The van der Waals surface area contributed by atoms with E-state index in [4.69, 9.17) is 9.47 Å². The Labute approximate surface area is 129 Å². The van der Waals surface area contributed by atoms with Crippen LogP contribution in [0.3, 0.4) is 0 Å². The summed E-state index contributed by atoms with van der Waals surface area (Å²) in [6.07, 6.45) is 8.27. The minimum atomic E-state index is -0.822. The molecule has 7 heteroatoms. The van der Waals surface area contributed by atoms with Crippen molar-refractivity contribution in [2.24, 2.45) is 0 Å². The van der Waals surface area contributed by atoms with E-state index in [0.717, 1.165) is 51.4 Å². The molecule has 2 fully saturated rings. The van der Waals surface area contributed by atoms with Crippen LogP contribution >= 0.6 is 12.3 Å². The first kappa shape index (κ1) is 16.3. The van der Waals surface area contributed by atoms with Crippen molar-refractivity contribution in [3.63, 3.8) is 0 Å². The third-order valence-electron chi connectivity index (χ3n) is 3.83. The van der Waals surface area contributed by atoms with Crippen molar-refractivity contribution in [3.8, 4) is 0 Å². The number of hydrogen-bond acceptors (Lipinski definition) is 7. The molecule has 0 heterocycles. The van der Waals surface area contributed by atoms with E-state index < -0.39 is 12.3 Å². The van der Waals surface area contributed by atoms with Gasteiger partial charge in [-0.1, -0.05) is 12.8 Å². The highest BCUT2D eigenvalue weighted by Crippen LogP contribution is 2.23. The van der Waals surface area contributed by atoms with Crippen molar-refractivity contribution in [1.82, 2.24) is 0 Å². The van der Waals surface area contributed by atoms with E-state index in [-0.39, 0.29) is 12.2 Å². The molecule has 120 valence electrons. The van der Waals surface area contributed by atoms with Crippen LogP contribution in [-0.2, 0) is 17.8 Å². The molecule has 2 aliphatic rings. The lowest BCUT2D eigenvalue weighted by Gasteiger charge is -2.21. The Morgan fingerprint density at radius 3 is 1.43 bits per heavy atom. The van der Waals surface area contributed by atoms with Crippen molar-refractivity contribution in [2.75, 3.05) is 0 Å². The Hall–Kier alpha value is -1.11. The SMILES string of the molecule is O=C(OSOC(=O)OC1CCCCC1)OC1CCCCC1. The third kappa shape index (κ3) is 6.46. The first-order valence-electron chi connectivity index (χ1n) is 7.66. The predicted octanol–water partition coefficient (Wildman–Crippen LogP) is 4.52. The largest absolute Gasteiger partial charge is 0.523 e. The predicted molar refractivity (Wildman–Crippen MR) is 76.5 cm³/mol. The van der Waals surface area contributed by atoms with Crippen LogP contribution in [-0.4, -0.2) is 24.5 Å². The van der Waals surface area contributed by atoms with Gasteiger partial charge < -0.3 is 17.8 Å². The summed E-state index contributed by atoms with van der Waals surface area (Å²) in [5.41, 5.74) is 0. The molecular formula is C14H22O6S. The number of carbonyl (C=O) groups is 2. The van der Waals surface area contributed by atoms with Crippen molar-refractivity contribution in [2.45, 2.75) is 76.4 Å². The Morgan fingerprint density at radius 1 is 0.667 bits per heavy atom. The summed E-state index contributed by atoms with van der Waals surface area (Å²) in [4.78, 5) is 22.8. The number of ether oxygens (including phenoxy) is 2. The second-order valence-corrected chi connectivity index (χ2v) is 5.96. The normalized spacial score (nSPS) is 20.6. The molecule has 2 aliphatic carbocycles. The van der Waals surface area contributed by atoms with Crippen LogP contribution in [0.25, 0.3) is 0 Å². The Balaban J connectivity index is 1.53. The molecular weight excluding hydrogens is 296 g/mol. The molecule has 21 heavy (non-hydrogen) atoms. The fourth-order valence-electron chi connectivity index (χ4n) is 2.75. The zero-order valence-electron chi connectivity index (χ0n) is 12.1. The van der Waals surface area contributed by atoms with Crippen LogP contribution in [0.4, 0.5) is 9.59 Å². The summed E-state index contributed by atoms with van der Waals surface area (Å²) in [5, 5.41) is 0. The van der Waals surface area contributed by atoms with Gasteiger partial charge in [-0.25, -0.2) is 9.59 Å². The highest BCUT2D eigenvalue weighted by molar-refractivity contribution is 7.90. The fraction of sp³-hybridized carbons (Fsp3) is 0.857. The van der Waals surface area contributed by atoms with Crippen LogP contribution in [0.1, 0.15) is 64.2 Å². The van der Waals surface area contributed by atoms with Crippen LogP contribution in [0.15, 0.2) is 0 Å². The topological polar surface area (TPSA) is 71.1 Å². The minimum Gasteiger partial charge on any atom is -0.430 e. The molecule has 0 spiro atoms. The molecule has 0 atom stereocenters. The Bertz CT molecular complexity index is 304. The highest BCUT2D eigenvalue weighted by Gasteiger charge is 2.21. The molecule has 0 aliphatic heterocycles. The zero-order valence-corrected chi connectivity index (χ0v) is 12.9. The summed E-state index contributed by atoms with van der Waals surface area (Å²) < 4.78 is 19.5. The second-order valence-electron chi connectivity index (χ2n) is 5.49. The lowest BCUT2D eigenvalue weighted by atomic mass is 9.98. The average Bonchev–Trinajstić information content (AvgIpc) is 2.49. The maximum absolute atomic E-state index is 11.4. The van der Waals surface area contributed by atoms with Gasteiger partial charge in [-0.15, -0.1) is 0 Å². The van der Waals surface area contributed by atoms with Gasteiger partial charge in [-0.05, 0) is 51.4 Å². The van der Waals surface area contributed by atoms with Gasteiger partial charge >= 0.3 is 24.6 Å². The molecule has 0 unspecified atom stereocenters. The van der Waals surface area contributed by atoms with Gasteiger partial charge in [0.25, 0.3) is 0 Å². The first-order valence-corrected chi connectivity index (χ1v) is 8.33. The first-order chi connectivity index (χ1) is 10.2. The number of hydrogen-bond donors (Lipinski definition) is 0. The van der Waals surface area contributed by atoms with E-state index >= 15 is 0 Å². The molecule has 2 saturated carbocycles. The molecule has 0 aromatic heterocycles.